The van der Waals surface area contributed by atoms with Crippen LogP contribution in [0, 0.1) is 0 Å². The molecule has 1 atom stereocenters. The number of nitrogens with zero attached hydrogens (tertiary/aromatic N) is 1. The second kappa shape index (κ2) is 10.3. The van der Waals surface area contributed by atoms with E-state index in [4.69, 9.17) is 0 Å². The zero-order valence-electron chi connectivity index (χ0n) is 19.5. The minimum Gasteiger partial charge on any atom is -0.356 e. The van der Waals surface area contributed by atoms with E-state index in [0.717, 1.165) is 16.0 Å². The molecule has 35 heavy (non-hydrogen) atoms. The van der Waals surface area contributed by atoms with E-state index in [1.165, 1.54) is 6.92 Å². The molecular formula is C28H27N3O4. The second-order valence-corrected chi connectivity index (χ2v) is 8.61. The Balaban J connectivity index is 1.52. The van der Waals surface area contributed by atoms with E-state index < -0.39 is 17.5 Å². The molecule has 1 aliphatic heterocycles. The van der Waals surface area contributed by atoms with Crippen molar-refractivity contribution in [3.63, 3.8) is 0 Å². The topological polar surface area (TPSA) is 95.6 Å². The minimum atomic E-state index is -1.28. The van der Waals surface area contributed by atoms with Crippen LogP contribution < -0.4 is 10.6 Å². The Morgan fingerprint density at radius 3 is 2.11 bits per heavy atom. The van der Waals surface area contributed by atoms with Gasteiger partial charge in [0.1, 0.15) is 0 Å². The highest BCUT2D eigenvalue weighted by Crippen LogP contribution is 2.33. The molecule has 0 aliphatic carbocycles. The summed E-state index contributed by atoms with van der Waals surface area (Å²) in [6.07, 6.45) is 0.913. The molecular weight excluding hydrogens is 442 g/mol. The fourth-order valence-corrected chi connectivity index (χ4v) is 4.29. The molecule has 1 fully saturated rings. The van der Waals surface area contributed by atoms with Gasteiger partial charge in [0, 0.05) is 25.5 Å². The summed E-state index contributed by atoms with van der Waals surface area (Å²) in [5.41, 5.74) is 1.66. The molecule has 0 aromatic heterocycles. The molecule has 7 heteroatoms. The maximum atomic E-state index is 13.7. The predicted molar refractivity (Wildman–Crippen MR) is 132 cm³/mol. The first-order valence-corrected chi connectivity index (χ1v) is 11.5. The van der Waals surface area contributed by atoms with Crippen molar-refractivity contribution >= 4 is 23.6 Å². The number of carbonyl (C=O) groups excluding carboxylic acids is 4. The second-order valence-electron chi connectivity index (χ2n) is 8.61. The fourth-order valence-electron chi connectivity index (χ4n) is 4.29. The molecule has 0 saturated carbocycles. The first-order chi connectivity index (χ1) is 16.9. The number of imide groups is 1. The van der Waals surface area contributed by atoms with Crippen LogP contribution in [0.4, 0.5) is 4.79 Å². The lowest BCUT2D eigenvalue weighted by Gasteiger charge is -2.27. The van der Waals surface area contributed by atoms with Crippen molar-refractivity contribution in [1.29, 1.82) is 0 Å². The van der Waals surface area contributed by atoms with E-state index in [-0.39, 0.29) is 24.7 Å². The number of benzene rings is 3. The number of amides is 4. The molecule has 1 heterocycles. The number of rotatable bonds is 9. The van der Waals surface area contributed by atoms with Crippen LogP contribution in [0.25, 0.3) is 0 Å². The number of hydrogen-bond acceptors (Lipinski definition) is 4. The van der Waals surface area contributed by atoms with Crippen molar-refractivity contribution in [2.75, 3.05) is 13.1 Å². The summed E-state index contributed by atoms with van der Waals surface area (Å²) >= 11 is 0. The van der Waals surface area contributed by atoms with Crippen molar-refractivity contribution in [2.45, 2.75) is 25.3 Å². The van der Waals surface area contributed by atoms with Crippen molar-refractivity contribution in [2.24, 2.45) is 0 Å². The molecule has 2 N–H and O–H groups in total. The maximum absolute atomic E-state index is 13.7. The zero-order valence-corrected chi connectivity index (χ0v) is 19.5. The Morgan fingerprint density at radius 1 is 0.857 bits per heavy atom. The minimum absolute atomic E-state index is 0.0933. The van der Waals surface area contributed by atoms with Crippen molar-refractivity contribution in [3.05, 3.63) is 107 Å². The first kappa shape index (κ1) is 23.9. The smallest absolute Gasteiger partial charge is 0.325 e. The quantitative estimate of drug-likeness (QED) is 0.372. The van der Waals surface area contributed by atoms with Gasteiger partial charge in [0.25, 0.3) is 5.91 Å². The molecule has 0 radical (unpaired) electrons. The zero-order chi connectivity index (χ0) is 24.8. The lowest BCUT2D eigenvalue weighted by molar-refractivity contribution is -0.131. The van der Waals surface area contributed by atoms with Crippen LogP contribution >= 0.6 is 0 Å². The highest BCUT2D eigenvalue weighted by molar-refractivity contribution is 6.11. The molecule has 0 spiro atoms. The van der Waals surface area contributed by atoms with E-state index in [9.17, 15) is 19.2 Å². The molecule has 1 aliphatic rings. The number of Topliss-reactive ketones (excluding diaryl/α,β-unsaturated/α-hetero) is 1. The molecule has 1 unspecified atom stereocenters. The van der Waals surface area contributed by atoms with Gasteiger partial charge in [-0.25, -0.2) is 4.79 Å². The third-order valence-electron chi connectivity index (χ3n) is 6.12. The Hall–Kier alpha value is -4.26. The van der Waals surface area contributed by atoms with Crippen LogP contribution in [-0.4, -0.2) is 41.6 Å². The highest BCUT2D eigenvalue weighted by Gasteiger charge is 2.52. The Bertz CT molecular complexity index is 1230. The largest absolute Gasteiger partial charge is 0.356 e. The molecule has 7 nitrogen and oxygen atoms in total. The summed E-state index contributed by atoms with van der Waals surface area (Å²) in [7, 11) is 0. The van der Waals surface area contributed by atoms with Gasteiger partial charge in [-0.3, -0.25) is 19.3 Å². The van der Waals surface area contributed by atoms with Gasteiger partial charge in [-0.05, 0) is 23.1 Å². The summed E-state index contributed by atoms with van der Waals surface area (Å²) in [5.74, 6) is -0.868. The molecule has 0 bridgehead atoms. The van der Waals surface area contributed by atoms with Gasteiger partial charge in [0.15, 0.2) is 11.3 Å². The molecule has 3 aromatic rings. The number of ketones is 1. The number of urea groups is 1. The summed E-state index contributed by atoms with van der Waals surface area (Å²) in [5, 5.41) is 5.61. The average molecular weight is 470 g/mol. The Labute approximate surface area is 204 Å². The van der Waals surface area contributed by atoms with E-state index in [2.05, 4.69) is 10.6 Å². The van der Waals surface area contributed by atoms with Gasteiger partial charge < -0.3 is 10.6 Å². The lowest BCUT2D eigenvalue weighted by Crippen LogP contribution is -2.46. The van der Waals surface area contributed by atoms with Crippen molar-refractivity contribution in [1.82, 2.24) is 15.5 Å². The van der Waals surface area contributed by atoms with E-state index in [0.29, 0.717) is 24.1 Å². The van der Waals surface area contributed by atoms with Gasteiger partial charge in [0.2, 0.25) is 5.91 Å². The predicted octanol–water partition coefficient (Wildman–Crippen LogP) is 3.24. The summed E-state index contributed by atoms with van der Waals surface area (Å²) in [6.45, 7) is 1.62. The molecule has 4 amide bonds. The normalized spacial score (nSPS) is 17.2. The molecule has 1 saturated heterocycles. The van der Waals surface area contributed by atoms with E-state index in [1.54, 1.807) is 12.1 Å². The van der Waals surface area contributed by atoms with Crippen molar-refractivity contribution < 1.29 is 19.2 Å². The molecule has 178 valence electrons. The fraction of sp³-hybridized carbons (Fsp3) is 0.214. The monoisotopic (exact) mass is 469 g/mol. The number of carbonyl (C=O) groups is 4. The molecule has 3 aromatic carbocycles. The van der Waals surface area contributed by atoms with Crippen LogP contribution in [0.1, 0.15) is 34.0 Å². The molecule has 4 rings (SSSR count). The van der Waals surface area contributed by atoms with Gasteiger partial charge in [-0.15, -0.1) is 0 Å². The van der Waals surface area contributed by atoms with Gasteiger partial charge in [0.05, 0.1) is 6.54 Å². The van der Waals surface area contributed by atoms with Crippen LogP contribution in [0.5, 0.6) is 0 Å². The van der Waals surface area contributed by atoms with E-state index in [1.807, 2.05) is 72.8 Å². The van der Waals surface area contributed by atoms with Crippen LogP contribution in [0.3, 0.4) is 0 Å². The Kier molecular flexibility index (Phi) is 7.06. The van der Waals surface area contributed by atoms with Crippen LogP contribution in [0.2, 0.25) is 0 Å². The number of hydrogen-bond donors (Lipinski definition) is 2. The summed E-state index contributed by atoms with van der Waals surface area (Å²) in [4.78, 5) is 51.7. The van der Waals surface area contributed by atoms with E-state index >= 15 is 0 Å². The third-order valence-corrected chi connectivity index (χ3v) is 6.12. The third kappa shape index (κ3) is 5.30. The summed E-state index contributed by atoms with van der Waals surface area (Å²) in [6, 6.07) is 25.0. The Morgan fingerprint density at radius 2 is 1.49 bits per heavy atom. The highest BCUT2D eigenvalue weighted by atomic mass is 16.2. The van der Waals surface area contributed by atoms with Crippen molar-refractivity contribution in [3.8, 4) is 0 Å². The van der Waals surface area contributed by atoms with Gasteiger partial charge in [-0.1, -0.05) is 84.9 Å². The SMILES string of the molecule is CC(=O)NCCc1ccc(C(=O)CN2C(=O)NC(Cc3ccccc3)(c3ccccc3)C2=O)cc1. The average Bonchev–Trinajstić information content (AvgIpc) is 3.10. The van der Waals surface area contributed by atoms with Crippen LogP contribution in [0.15, 0.2) is 84.9 Å². The summed E-state index contributed by atoms with van der Waals surface area (Å²) < 4.78 is 0. The van der Waals surface area contributed by atoms with Gasteiger partial charge in [-0.2, -0.15) is 0 Å². The van der Waals surface area contributed by atoms with Gasteiger partial charge >= 0.3 is 6.03 Å². The standard InChI is InChI=1S/C28H27N3O4/c1-20(32)29-17-16-21-12-14-23(15-13-21)25(33)19-31-26(34)28(30-27(31)35,24-10-6-3-7-11-24)18-22-8-4-2-5-9-22/h2-15H,16-19H2,1H3,(H,29,32)(H,30,35). The number of nitrogens with one attached hydrogen (secondary N) is 2. The first-order valence-electron chi connectivity index (χ1n) is 11.5. The van der Waals surface area contributed by atoms with Crippen LogP contribution in [-0.2, 0) is 28.0 Å². The maximum Gasteiger partial charge on any atom is 0.325 e. The lowest BCUT2D eigenvalue weighted by atomic mass is 9.83.